The zero-order chi connectivity index (χ0) is 31.3. The van der Waals surface area contributed by atoms with Crippen molar-refractivity contribution in [3.63, 3.8) is 0 Å². The van der Waals surface area contributed by atoms with Crippen LogP contribution < -0.4 is 14.8 Å². The standard InChI is InChI=1S/C30H43N5O7S/c1-29(2,3)42-28(39)33-23-14-8-6-4-5-7-12-21-18-30(21,19-25(36)24-15-11-17-35(24)26(23)37)27(38)34-43(40,41)32-20-22-13-9-10-16-31-22/h7,9-10,12-13,16,21,23-24,32H,4-6,8,11,14-15,17-20H2,1-3H3,(H,33,39)(H,34,38)/b12-7-/t21-,23+,24+,30-/m1/s1. The molecule has 236 valence electrons. The molecule has 3 heterocycles. The molecule has 1 saturated carbocycles. The number of carbonyl (C=O) groups excluding carboxylic acids is 4. The van der Waals surface area contributed by atoms with Crippen LogP contribution in [0.15, 0.2) is 36.5 Å². The lowest BCUT2D eigenvalue weighted by Crippen LogP contribution is -2.53. The van der Waals surface area contributed by atoms with Crippen LogP contribution >= 0.6 is 0 Å². The number of hydrogen-bond acceptors (Lipinski definition) is 8. The molecule has 3 amide bonds. The third-order valence-electron chi connectivity index (χ3n) is 8.10. The van der Waals surface area contributed by atoms with Gasteiger partial charge in [-0.25, -0.2) is 9.52 Å². The number of pyridine rings is 1. The number of allylic oxidation sites excluding steroid dienone is 2. The molecular weight excluding hydrogens is 574 g/mol. The summed E-state index contributed by atoms with van der Waals surface area (Å²) in [6.45, 7) is 5.48. The summed E-state index contributed by atoms with van der Waals surface area (Å²) in [6.07, 6.45) is 9.43. The van der Waals surface area contributed by atoms with Gasteiger partial charge in [-0.1, -0.05) is 31.1 Å². The van der Waals surface area contributed by atoms with E-state index in [4.69, 9.17) is 4.74 Å². The number of nitrogens with one attached hydrogen (secondary N) is 3. The van der Waals surface area contributed by atoms with Gasteiger partial charge in [0.15, 0.2) is 5.78 Å². The summed E-state index contributed by atoms with van der Waals surface area (Å²) in [4.78, 5) is 59.1. The van der Waals surface area contributed by atoms with Crippen molar-refractivity contribution in [1.82, 2.24) is 24.6 Å². The second kappa shape index (κ2) is 13.5. The number of ether oxygens (including phenoxy) is 1. The molecule has 3 aliphatic rings. The highest BCUT2D eigenvalue weighted by atomic mass is 32.2. The monoisotopic (exact) mass is 617 g/mol. The molecule has 0 spiro atoms. The van der Waals surface area contributed by atoms with E-state index < -0.39 is 45.3 Å². The fraction of sp³-hybridized carbons (Fsp3) is 0.633. The van der Waals surface area contributed by atoms with Crippen molar-refractivity contribution in [2.45, 2.75) is 103 Å². The molecule has 2 fully saturated rings. The van der Waals surface area contributed by atoms with Crippen molar-refractivity contribution in [2.75, 3.05) is 6.54 Å². The second-order valence-electron chi connectivity index (χ2n) is 12.6. The minimum absolute atomic E-state index is 0.101. The van der Waals surface area contributed by atoms with Crippen molar-refractivity contribution >= 4 is 33.9 Å². The number of fused-ring (bicyclic) bond motifs is 2. The zero-order valence-corrected chi connectivity index (χ0v) is 26.0. The smallest absolute Gasteiger partial charge is 0.408 e. The predicted molar refractivity (Wildman–Crippen MR) is 158 cm³/mol. The second-order valence-corrected chi connectivity index (χ2v) is 14.1. The topological polar surface area (TPSA) is 164 Å². The summed E-state index contributed by atoms with van der Waals surface area (Å²) in [7, 11) is -4.22. The number of amides is 3. The summed E-state index contributed by atoms with van der Waals surface area (Å²) in [5.41, 5.74) is -1.47. The maximum atomic E-state index is 13.7. The molecule has 0 radical (unpaired) electrons. The van der Waals surface area contributed by atoms with Crippen LogP contribution in [0.2, 0.25) is 0 Å². The van der Waals surface area contributed by atoms with Gasteiger partial charge in [0.25, 0.3) is 0 Å². The summed E-state index contributed by atoms with van der Waals surface area (Å²) in [6, 6.07) is 3.50. The van der Waals surface area contributed by atoms with Crippen LogP contribution in [-0.2, 0) is 35.9 Å². The molecule has 43 heavy (non-hydrogen) atoms. The first-order chi connectivity index (χ1) is 20.3. The first-order valence-electron chi connectivity index (χ1n) is 15.0. The molecule has 3 N–H and O–H groups in total. The summed E-state index contributed by atoms with van der Waals surface area (Å²) >= 11 is 0. The lowest BCUT2D eigenvalue weighted by Gasteiger charge is -2.30. The van der Waals surface area contributed by atoms with Gasteiger partial charge < -0.3 is 15.0 Å². The highest BCUT2D eigenvalue weighted by Crippen LogP contribution is 2.57. The predicted octanol–water partition coefficient (Wildman–Crippen LogP) is 2.90. The molecule has 1 aromatic heterocycles. The first-order valence-corrected chi connectivity index (χ1v) is 16.5. The molecule has 0 bridgehead atoms. The van der Waals surface area contributed by atoms with Crippen LogP contribution in [0.1, 0.15) is 84.3 Å². The molecule has 12 nitrogen and oxygen atoms in total. The van der Waals surface area contributed by atoms with Gasteiger partial charge in [-0.15, -0.1) is 0 Å². The molecule has 2 aliphatic heterocycles. The van der Waals surface area contributed by atoms with Gasteiger partial charge in [0.1, 0.15) is 11.6 Å². The number of nitrogens with zero attached hydrogens (tertiary/aromatic N) is 2. The van der Waals surface area contributed by atoms with E-state index in [1.807, 2.05) is 12.2 Å². The van der Waals surface area contributed by atoms with E-state index in [1.165, 1.54) is 11.1 Å². The number of carbonyl (C=O) groups is 4. The largest absolute Gasteiger partial charge is 0.444 e. The Labute approximate surface area is 253 Å². The highest BCUT2D eigenvalue weighted by molar-refractivity contribution is 7.88. The number of ketones is 1. The first kappa shape index (κ1) is 32.6. The molecule has 13 heteroatoms. The third kappa shape index (κ3) is 8.85. The van der Waals surface area contributed by atoms with E-state index in [0.717, 1.165) is 19.3 Å². The van der Waals surface area contributed by atoms with Crippen LogP contribution in [0, 0.1) is 11.3 Å². The Kier molecular flexibility index (Phi) is 10.3. The Hall–Kier alpha value is -3.32. The van der Waals surface area contributed by atoms with Crippen molar-refractivity contribution in [1.29, 1.82) is 0 Å². The average molecular weight is 618 g/mol. The molecule has 1 saturated heterocycles. The Balaban J connectivity index is 1.50. The lowest BCUT2D eigenvalue weighted by molar-refractivity contribution is -0.140. The Morgan fingerprint density at radius 2 is 1.91 bits per heavy atom. The van der Waals surface area contributed by atoms with Gasteiger partial charge in [0, 0.05) is 19.2 Å². The normalized spacial score (nSPS) is 27.6. The summed E-state index contributed by atoms with van der Waals surface area (Å²) in [5, 5.41) is 2.72. The highest BCUT2D eigenvalue weighted by Gasteiger charge is 2.61. The summed E-state index contributed by atoms with van der Waals surface area (Å²) in [5.74, 6) is -1.67. The number of rotatable bonds is 6. The minimum atomic E-state index is -4.22. The number of Topliss-reactive ketones (excluding diaryl/α,β-unsaturated/α-hetero) is 1. The van der Waals surface area contributed by atoms with Gasteiger partial charge in [-0.3, -0.25) is 19.4 Å². The quantitative estimate of drug-likeness (QED) is 0.410. The number of hydrogen-bond donors (Lipinski definition) is 3. The fourth-order valence-electron chi connectivity index (χ4n) is 5.81. The van der Waals surface area contributed by atoms with Crippen LogP contribution in [0.5, 0.6) is 0 Å². The Morgan fingerprint density at radius 1 is 1.12 bits per heavy atom. The Morgan fingerprint density at radius 3 is 2.63 bits per heavy atom. The van der Waals surface area contributed by atoms with E-state index in [9.17, 15) is 27.6 Å². The average Bonchev–Trinajstić information content (AvgIpc) is 3.39. The third-order valence-corrected chi connectivity index (χ3v) is 9.08. The lowest BCUT2D eigenvalue weighted by atomic mass is 9.91. The maximum Gasteiger partial charge on any atom is 0.408 e. The van der Waals surface area contributed by atoms with E-state index in [2.05, 4.69) is 19.7 Å². The van der Waals surface area contributed by atoms with Crippen molar-refractivity contribution in [3.05, 3.63) is 42.2 Å². The van der Waals surface area contributed by atoms with E-state index in [1.54, 1.807) is 39.0 Å². The van der Waals surface area contributed by atoms with Crippen LogP contribution in [-0.4, -0.2) is 66.2 Å². The molecular formula is C30H43N5O7S. The van der Waals surface area contributed by atoms with Crippen LogP contribution in [0.4, 0.5) is 4.79 Å². The van der Waals surface area contributed by atoms with Crippen LogP contribution in [0.25, 0.3) is 0 Å². The van der Waals surface area contributed by atoms with Crippen molar-refractivity contribution in [3.8, 4) is 0 Å². The molecule has 4 atom stereocenters. The fourth-order valence-corrected chi connectivity index (χ4v) is 6.67. The van der Waals surface area contributed by atoms with E-state index in [0.29, 0.717) is 44.3 Å². The molecule has 0 aromatic carbocycles. The molecule has 1 aliphatic carbocycles. The van der Waals surface area contributed by atoms with Gasteiger partial charge in [0.05, 0.1) is 23.7 Å². The number of aromatic nitrogens is 1. The van der Waals surface area contributed by atoms with Gasteiger partial charge in [-0.2, -0.15) is 13.1 Å². The van der Waals surface area contributed by atoms with E-state index in [-0.39, 0.29) is 30.6 Å². The molecule has 4 rings (SSSR count). The number of alkyl carbamates (subject to hydrolysis) is 1. The Bertz CT molecular complexity index is 1330. The maximum absolute atomic E-state index is 13.7. The summed E-state index contributed by atoms with van der Waals surface area (Å²) < 4.78 is 35.4. The van der Waals surface area contributed by atoms with Crippen molar-refractivity contribution < 1.29 is 32.3 Å². The van der Waals surface area contributed by atoms with Crippen LogP contribution in [0.3, 0.4) is 0 Å². The molecule has 0 unspecified atom stereocenters. The van der Waals surface area contributed by atoms with Gasteiger partial charge in [0.2, 0.25) is 11.8 Å². The minimum Gasteiger partial charge on any atom is -0.444 e. The van der Waals surface area contributed by atoms with Crippen molar-refractivity contribution in [2.24, 2.45) is 11.3 Å². The molecule has 1 aromatic rings. The van der Waals surface area contributed by atoms with Gasteiger partial charge in [-0.05, 0) is 77.3 Å². The van der Waals surface area contributed by atoms with Gasteiger partial charge >= 0.3 is 16.3 Å². The zero-order valence-electron chi connectivity index (χ0n) is 25.1. The van der Waals surface area contributed by atoms with E-state index >= 15 is 0 Å². The SMILES string of the molecule is CC(C)(C)OC(=O)N[C@H]1CCCCC/C=C\[C@@H]2C[C@@]2(C(=O)NS(=O)(=O)NCc2ccccn2)CC(=O)[C@@H]2CCCN2C1=O.